The molecule has 0 spiro atoms. The molecule has 5 heteroatoms. The van der Waals surface area contributed by atoms with Crippen LogP contribution in [0.4, 0.5) is 0 Å². The van der Waals surface area contributed by atoms with Gasteiger partial charge < -0.3 is 10.8 Å². The van der Waals surface area contributed by atoms with Crippen molar-refractivity contribution in [1.29, 1.82) is 0 Å². The van der Waals surface area contributed by atoms with Gasteiger partial charge in [0.25, 0.3) is 0 Å². The minimum absolute atomic E-state index is 0.0614. The Hall–Kier alpha value is -1.36. The molecule has 0 radical (unpaired) electrons. The summed E-state index contributed by atoms with van der Waals surface area (Å²) in [4.78, 5) is 10.5. The zero-order valence-corrected chi connectivity index (χ0v) is 8.18. The Kier molecular flexibility index (Phi) is 3.64. The van der Waals surface area contributed by atoms with E-state index in [2.05, 4.69) is 5.10 Å². The van der Waals surface area contributed by atoms with Crippen LogP contribution in [-0.4, -0.2) is 27.4 Å². The number of carboxylic acid groups (broad SMARTS) is 1. The quantitative estimate of drug-likeness (QED) is 0.716. The molecule has 0 saturated carbocycles. The Morgan fingerprint density at radius 1 is 1.79 bits per heavy atom. The van der Waals surface area contributed by atoms with Crippen LogP contribution in [-0.2, 0) is 11.3 Å². The zero-order chi connectivity index (χ0) is 10.6. The molecular formula is C9H15N3O2. The number of nitrogens with two attached hydrogens (primary N) is 1. The van der Waals surface area contributed by atoms with Crippen molar-refractivity contribution in [1.82, 2.24) is 9.78 Å². The van der Waals surface area contributed by atoms with Crippen LogP contribution in [0.25, 0.3) is 0 Å². The molecule has 0 aliphatic heterocycles. The summed E-state index contributed by atoms with van der Waals surface area (Å²) in [5.41, 5.74) is 6.40. The molecule has 0 bridgehead atoms. The molecule has 0 aliphatic carbocycles. The highest BCUT2D eigenvalue weighted by molar-refractivity contribution is 5.68. The minimum Gasteiger partial charge on any atom is -0.481 e. The summed E-state index contributed by atoms with van der Waals surface area (Å²) in [6, 6.07) is 0. The fraction of sp³-hybridized carbons (Fsp3) is 0.556. The second kappa shape index (κ2) is 4.76. The van der Waals surface area contributed by atoms with Gasteiger partial charge in [-0.1, -0.05) is 0 Å². The summed E-state index contributed by atoms with van der Waals surface area (Å²) in [5.74, 6) is -0.961. The molecule has 0 aromatic carbocycles. The standard InChI is InChI=1S/C9H15N3O2/c1-2-12-6-8(5-11-12)7(4-10)3-9(13)14/h5-7H,2-4,10H2,1H3,(H,13,14). The van der Waals surface area contributed by atoms with Crippen LogP contribution < -0.4 is 5.73 Å². The minimum atomic E-state index is -0.829. The Balaban J connectivity index is 2.73. The first-order valence-electron chi connectivity index (χ1n) is 4.61. The van der Waals surface area contributed by atoms with Gasteiger partial charge in [-0.25, -0.2) is 0 Å². The number of nitrogens with zero attached hydrogens (tertiary/aromatic N) is 2. The Labute approximate surface area is 82.5 Å². The van der Waals surface area contributed by atoms with E-state index in [9.17, 15) is 4.79 Å². The highest BCUT2D eigenvalue weighted by Crippen LogP contribution is 2.17. The summed E-state index contributed by atoms with van der Waals surface area (Å²) >= 11 is 0. The first kappa shape index (κ1) is 10.7. The van der Waals surface area contributed by atoms with Gasteiger partial charge in [-0.3, -0.25) is 9.48 Å². The Morgan fingerprint density at radius 2 is 2.50 bits per heavy atom. The van der Waals surface area contributed by atoms with Gasteiger partial charge in [-0.05, 0) is 19.0 Å². The van der Waals surface area contributed by atoms with Gasteiger partial charge >= 0.3 is 5.97 Å². The average molecular weight is 197 g/mol. The lowest BCUT2D eigenvalue weighted by Crippen LogP contribution is -2.15. The van der Waals surface area contributed by atoms with Gasteiger partial charge in [0.1, 0.15) is 0 Å². The van der Waals surface area contributed by atoms with Crippen molar-refractivity contribution in [3.8, 4) is 0 Å². The topological polar surface area (TPSA) is 81.1 Å². The van der Waals surface area contributed by atoms with E-state index in [-0.39, 0.29) is 12.3 Å². The van der Waals surface area contributed by atoms with Crippen molar-refractivity contribution in [3.63, 3.8) is 0 Å². The van der Waals surface area contributed by atoms with Gasteiger partial charge in [-0.2, -0.15) is 5.10 Å². The van der Waals surface area contributed by atoms with E-state index in [1.165, 1.54) is 0 Å². The fourth-order valence-electron chi connectivity index (χ4n) is 1.31. The third kappa shape index (κ3) is 2.56. The second-order valence-electron chi connectivity index (χ2n) is 3.16. The third-order valence-corrected chi connectivity index (χ3v) is 2.15. The first-order chi connectivity index (χ1) is 6.67. The molecule has 1 unspecified atom stereocenters. The van der Waals surface area contributed by atoms with Crippen molar-refractivity contribution >= 4 is 5.97 Å². The van der Waals surface area contributed by atoms with E-state index in [1.807, 2.05) is 13.1 Å². The molecule has 0 aliphatic rings. The summed E-state index contributed by atoms with van der Waals surface area (Å²) < 4.78 is 1.76. The monoisotopic (exact) mass is 197 g/mol. The molecule has 14 heavy (non-hydrogen) atoms. The summed E-state index contributed by atoms with van der Waals surface area (Å²) in [6.45, 7) is 3.09. The van der Waals surface area contributed by atoms with Gasteiger partial charge in [-0.15, -0.1) is 0 Å². The number of rotatable bonds is 5. The predicted molar refractivity (Wildman–Crippen MR) is 51.9 cm³/mol. The summed E-state index contributed by atoms with van der Waals surface area (Å²) in [5, 5.41) is 12.7. The maximum absolute atomic E-state index is 10.5. The van der Waals surface area contributed by atoms with Crippen LogP contribution in [0.1, 0.15) is 24.8 Å². The Morgan fingerprint density at radius 3 is 2.93 bits per heavy atom. The van der Waals surface area contributed by atoms with Crippen molar-refractivity contribution in [2.45, 2.75) is 25.8 Å². The summed E-state index contributed by atoms with van der Waals surface area (Å²) in [6.07, 6.45) is 3.59. The number of aliphatic carboxylic acids is 1. The van der Waals surface area contributed by atoms with E-state index in [0.29, 0.717) is 6.54 Å². The number of hydrogen-bond acceptors (Lipinski definition) is 3. The fourth-order valence-corrected chi connectivity index (χ4v) is 1.31. The SMILES string of the molecule is CCn1cc(C(CN)CC(=O)O)cn1. The molecule has 0 saturated heterocycles. The largest absolute Gasteiger partial charge is 0.481 e. The molecule has 1 rings (SSSR count). The normalized spacial score (nSPS) is 12.7. The number of hydrogen-bond donors (Lipinski definition) is 2. The molecule has 3 N–H and O–H groups in total. The van der Waals surface area contributed by atoms with E-state index in [0.717, 1.165) is 12.1 Å². The lowest BCUT2D eigenvalue weighted by molar-refractivity contribution is -0.137. The van der Waals surface area contributed by atoms with Gasteiger partial charge in [0.05, 0.1) is 12.6 Å². The van der Waals surface area contributed by atoms with Gasteiger partial charge in [0.2, 0.25) is 0 Å². The number of carbonyl (C=O) groups is 1. The molecular weight excluding hydrogens is 182 g/mol. The lowest BCUT2D eigenvalue weighted by atomic mass is 9.99. The van der Waals surface area contributed by atoms with Crippen molar-refractivity contribution < 1.29 is 9.90 Å². The van der Waals surface area contributed by atoms with Crippen LogP contribution in [0.2, 0.25) is 0 Å². The zero-order valence-electron chi connectivity index (χ0n) is 8.18. The first-order valence-corrected chi connectivity index (χ1v) is 4.61. The molecule has 5 nitrogen and oxygen atoms in total. The molecule has 1 atom stereocenters. The van der Waals surface area contributed by atoms with Crippen molar-refractivity contribution in [2.24, 2.45) is 5.73 Å². The molecule has 1 aromatic heterocycles. The molecule has 78 valence electrons. The highest BCUT2D eigenvalue weighted by Gasteiger charge is 2.15. The van der Waals surface area contributed by atoms with Gasteiger partial charge in [0, 0.05) is 18.7 Å². The molecule has 1 heterocycles. The number of carboxylic acids is 1. The molecule has 0 amide bonds. The Bertz CT molecular complexity index is 309. The van der Waals surface area contributed by atoms with Crippen molar-refractivity contribution in [2.75, 3.05) is 6.54 Å². The smallest absolute Gasteiger partial charge is 0.304 e. The predicted octanol–water partition coefficient (Wildman–Crippen LogP) is 0.420. The maximum atomic E-state index is 10.5. The van der Waals surface area contributed by atoms with Crippen LogP contribution >= 0.6 is 0 Å². The number of aromatic nitrogens is 2. The van der Waals surface area contributed by atoms with Crippen LogP contribution in [0.15, 0.2) is 12.4 Å². The van der Waals surface area contributed by atoms with E-state index in [1.54, 1.807) is 10.9 Å². The maximum Gasteiger partial charge on any atom is 0.304 e. The van der Waals surface area contributed by atoms with Crippen LogP contribution in [0.5, 0.6) is 0 Å². The summed E-state index contributed by atoms with van der Waals surface area (Å²) in [7, 11) is 0. The third-order valence-electron chi connectivity index (χ3n) is 2.15. The van der Waals surface area contributed by atoms with Crippen molar-refractivity contribution in [3.05, 3.63) is 18.0 Å². The van der Waals surface area contributed by atoms with Gasteiger partial charge in [0.15, 0.2) is 0 Å². The average Bonchev–Trinajstić information content (AvgIpc) is 2.62. The van der Waals surface area contributed by atoms with Crippen LogP contribution in [0.3, 0.4) is 0 Å². The van der Waals surface area contributed by atoms with E-state index in [4.69, 9.17) is 10.8 Å². The highest BCUT2D eigenvalue weighted by atomic mass is 16.4. The second-order valence-corrected chi connectivity index (χ2v) is 3.16. The molecule has 0 fully saturated rings. The number of aryl methyl sites for hydroxylation is 1. The van der Waals surface area contributed by atoms with E-state index >= 15 is 0 Å². The van der Waals surface area contributed by atoms with Crippen LogP contribution in [0, 0.1) is 0 Å². The lowest BCUT2D eigenvalue weighted by Gasteiger charge is -2.08. The molecule has 1 aromatic rings. The van der Waals surface area contributed by atoms with E-state index < -0.39 is 5.97 Å².